The van der Waals surface area contributed by atoms with E-state index in [-0.39, 0.29) is 0 Å². The zero-order valence-electron chi connectivity index (χ0n) is 11.1. The number of nitrogens with zero attached hydrogens (tertiary/aromatic N) is 3. The molecule has 3 rings (SSSR count). The minimum atomic E-state index is 0.606. The molecule has 0 radical (unpaired) electrons. The average molecular weight is 256 g/mol. The van der Waals surface area contributed by atoms with E-state index >= 15 is 0 Å². The number of pyridine rings is 1. The second kappa shape index (κ2) is 4.84. The predicted molar refractivity (Wildman–Crippen MR) is 72.9 cm³/mol. The van der Waals surface area contributed by atoms with Gasteiger partial charge in [0, 0.05) is 17.3 Å². The standard InChI is InChI=1S/C14H16N4O/c1-9-16-12-5-3-4-11(12)14(17-9)18-10-6-7-13(19-2)15-8-10/h6-8H,3-5H2,1-2H3,(H,16,17,18). The number of fused-ring (bicyclic) bond motifs is 1. The van der Waals surface area contributed by atoms with Crippen molar-refractivity contribution in [3.8, 4) is 5.88 Å². The zero-order valence-corrected chi connectivity index (χ0v) is 11.1. The van der Waals surface area contributed by atoms with Crippen LogP contribution in [0.2, 0.25) is 0 Å². The highest BCUT2D eigenvalue weighted by Gasteiger charge is 2.18. The van der Waals surface area contributed by atoms with E-state index in [1.165, 1.54) is 11.3 Å². The van der Waals surface area contributed by atoms with Crippen molar-refractivity contribution in [1.82, 2.24) is 15.0 Å². The number of nitrogens with one attached hydrogen (secondary N) is 1. The van der Waals surface area contributed by atoms with Crippen LogP contribution in [0.3, 0.4) is 0 Å². The summed E-state index contributed by atoms with van der Waals surface area (Å²) < 4.78 is 5.05. The summed E-state index contributed by atoms with van der Waals surface area (Å²) >= 11 is 0. The maximum Gasteiger partial charge on any atom is 0.213 e. The summed E-state index contributed by atoms with van der Waals surface area (Å²) in [6.45, 7) is 1.93. The molecule has 5 nitrogen and oxygen atoms in total. The molecule has 0 aliphatic heterocycles. The Morgan fingerprint density at radius 3 is 2.84 bits per heavy atom. The van der Waals surface area contributed by atoms with Crippen molar-refractivity contribution >= 4 is 11.5 Å². The van der Waals surface area contributed by atoms with Crippen LogP contribution in [0, 0.1) is 6.92 Å². The number of aromatic nitrogens is 3. The molecule has 0 bridgehead atoms. The van der Waals surface area contributed by atoms with Gasteiger partial charge in [0.25, 0.3) is 0 Å². The first-order valence-corrected chi connectivity index (χ1v) is 6.40. The molecule has 2 heterocycles. The molecule has 2 aromatic rings. The molecule has 0 spiro atoms. The van der Waals surface area contributed by atoms with Gasteiger partial charge in [-0.25, -0.2) is 15.0 Å². The lowest BCUT2D eigenvalue weighted by Crippen LogP contribution is -2.03. The molecular weight excluding hydrogens is 240 g/mol. The van der Waals surface area contributed by atoms with Crippen LogP contribution in [0.15, 0.2) is 18.3 Å². The summed E-state index contributed by atoms with van der Waals surface area (Å²) in [6, 6.07) is 3.77. The molecule has 0 fully saturated rings. The quantitative estimate of drug-likeness (QED) is 0.913. The Balaban J connectivity index is 1.90. The lowest BCUT2D eigenvalue weighted by Gasteiger charge is -2.11. The first-order chi connectivity index (χ1) is 9.26. The van der Waals surface area contributed by atoms with Gasteiger partial charge in [-0.15, -0.1) is 0 Å². The Bertz CT molecular complexity index is 595. The van der Waals surface area contributed by atoms with E-state index in [2.05, 4.69) is 20.3 Å². The molecule has 1 aliphatic rings. The molecule has 19 heavy (non-hydrogen) atoms. The summed E-state index contributed by atoms with van der Waals surface area (Å²) in [6.07, 6.45) is 5.00. The largest absolute Gasteiger partial charge is 0.481 e. The summed E-state index contributed by atoms with van der Waals surface area (Å²) in [5.41, 5.74) is 3.32. The first-order valence-electron chi connectivity index (χ1n) is 6.40. The fraction of sp³-hybridized carbons (Fsp3) is 0.357. The minimum Gasteiger partial charge on any atom is -0.481 e. The van der Waals surface area contributed by atoms with Gasteiger partial charge < -0.3 is 10.1 Å². The Hall–Kier alpha value is -2.17. The van der Waals surface area contributed by atoms with E-state index in [1.54, 1.807) is 13.3 Å². The molecule has 0 aromatic carbocycles. The lowest BCUT2D eigenvalue weighted by molar-refractivity contribution is 0.398. The van der Waals surface area contributed by atoms with Gasteiger partial charge in [-0.3, -0.25) is 0 Å². The fourth-order valence-electron chi connectivity index (χ4n) is 2.37. The maximum atomic E-state index is 5.05. The van der Waals surface area contributed by atoms with Crippen LogP contribution in [-0.4, -0.2) is 22.1 Å². The number of hydrogen-bond donors (Lipinski definition) is 1. The van der Waals surface area contributed by atoms with Crippen molar-refractivity contribution in [2.75, 3.05) is 12.4 Å². The Kier molecular flexibility index (Phi) is 3.03. The predicted octanol–water partition coefficient (Wildman–Crippen LogP) is 2.42. The molecule has 0 saturated heterocycles. The van der Waals surface area contributed by atoms with Crippen molar-refractivity contribution in [2.45, 2.75) is 26.2 Å². The number of aryl methyl sites for hydroxylation is 2. The van der Waals surface area contributed by atoms with Crippen LogP contribution < -0.4 is 10.1 Å². The second-order valence-electron chi connectivity index (χ2n) is 4.61. The average Bonchev–Trinajstić information content (AvgIpc) is 2.88. The van der Waals surface area contributed by atoms with Crippen molar-refractivity contribution in [2.24, 2.45) is 0 Å². The van der Waals surface area contributed by atoms with E-state index in [9.17, 15) is 0 Å². The van der Waals surface area contributed by atoms with Crippen LogP contribution in [0.5, 0.6) is 5.88 Å². The molecule has 1 N–H and O–H groups in total. The van der Waals surface area contributed by atoms with Crippen LogP contribution in [0.4, 0.5) is 11.5 Å². The first kappa shape index (κ1) is 11.9. The molecule has 0 saturated carbocycles. The summed E-state index contributed by atoms with van der Waals surface area (Å²) in [7, 11) is 1.61. The second-order valence-corrected chi connectivity index (χ2v) is 4.61. The summed E-state index contributed by atoms with van der Waals surface area (Å²) in [4.78, 5) is 13.2. The molecule has 0 atom stereocenters. The molecule has 1 aliphatic carbocycles. The van der Waals surface area contributed by atoms with Crippen LogP contribution >= 0.6 is 0 Å². The van der Waals surface area contributed by atoms with Crippen LogP contribution in [-0.2, 0) is 12.8 Å². The Morgan fingerprint density at radius 2 is 2.11 bits per heavy atom. The number of ether oxygens (including phenoxy) is 1. The van der Waals surface area contributed by atoms with Gasteiger partial charge in [-0.1, -0.05) is 0 Å². The smallest absolute Gasteiger partial charge is 0.213 e. The van der Waals surface area contributed by atoms with Gasteiger partial charge in [0.15, 0.2) is 0 Å². The fourth-order valence-corrected chi connectivity index (χ4v) is 2.37. The molecule has 0 unspecified atom stereocenters. The molecule has 0 amide bonds. The maximum absolute atomic E-state index is 5.05. The van der Waals surface area contributed by atoms with Gasteiger partial charge in [-0.2, -0.15) is 0 Å². The summed E-state index contributed by atoms with van der Waals surface area (Å²) in [5, 5.41) is 3.33. The van der Waals surface area contributed by atoms with Crippen molar-refractivity contribution < 1.29 is 4.74 Å². The lowest BCUT2D eigenvalue weighted by atomic mass is 10.2. The zero-order chi connectivity index (χ0) is 13.2. The van der Waals surface area contributed by atoms with E-state index in [0.717, 1.165) is 36.6 Å². The number of hydrogen-bond acceptors (Lipinski definition) is 5. The molecule has 2 aromatic heterocycles. The van der Waals surface area contributed by atoms with Crippen LogP contribution in [0.25, 0.3) is 0 Å². The van der Waals surface area contributed by atoms with E-state index in [4.69, 9.17) is 4.74 Å². The van der Waals surface area contributed by atoms with E-state index < -0.39 is 0 Å². The third-order valence-corrected chi connectivity index (χ3v) is 3.25. The van der Waals surface area contributed by atoms with Gasteiger partial charge in [-0.05, 0) is 32.3 Å². The van der Waals surface area contributed by atoms with Crippen molar-refractivity contribution in [3.05, 3.63) is 35.4 Å². The topological polar surface area (TPSA) is 59.9 Å². The van der Waals surface area contributed by atoms with Crippen molar-refractivity contribution in [3.63, 3.8) is 0 Å². The highest BCUT2D eigenvalue weighted by atomic mass is 16.5. The number of rotatable bonds is 3. The van der Waals surface area contributed by atoms with E-state index in [1.807, 2.05) is 19.1 Å². The highest BCUT2D eigenvalue weighted by Crippen LogP contribution is 2.28. The number of anilines is 2. The number of methoxy groups -OCH3 is 1. The highest BCUT2D eigenvalue weighted by molar-refractivity contribution is 5.60. The SMILES string of the molecule is COc1ccc(Nc2nc(C)nc3c2CCC3)cn1. The van der Waals surface area contributed by atoms with E-state index in [0.29, 0.717) is 5.88 Å². The Labute approximate surface area is 112 Å². The summed E-state index contributed by atoms with van der Waals surface area (Å²) in [5.74, 6) is 2.33. The third-order valence-electron chi connectivity index (χ3n) is 3.25. The molecular formula is C14H16N4O. The van der Waals surface area contributed by atoms with Gasteiger partial charge in [0.05, 0.1) is 19.0 Å². The normalized spacial score (nSPS) is 13.2. The van der Waals surface area contributed by atoms with Gasteiger partial charge in [0.2, 0.25) is 5.88 Å². The monoisotopic (exact) mass is 256 g/mol. The third kappa shape index (κ3) is 2.36. The minimum absolute atomic E-state index is 0.606. The van der Waals surface area contributed by atoms with Crippen LogP contribution in [0.1, 0.15) is 23.5 Å². The molecule has 5 heteroatoms. The molecule has 98 valence electrons. The Morgan fingerprint density at radius 1 is 1.21 bits per heavy atom. The van der Waals surface area contributed by atoms with Crippen molar-refractivity contribution in [1.29, 1.82) is 0 Å². The van der Waals surface area contributed by atoms with Gasteiger partial charge in [0.1, 0.15) is 11.6 Å². The van der Waals surface area contributed by atoms with Gasteiger partial charge >= 0.3 is 0 Å².